The number of carbonyl (C=O) groups excluding carboxylic acids is 1. The maximum Gasteiger partial charge on any atom is 0.275 e. The molecule has 0 radical (unpaired) electrons. The van der Waals surface area contributed by atoms with E-state index in [-0.39, 0.29) is 18.0 Å². The topological polar surface area (TPSA) is 55.2 Å². The van der Waals surface area contributed by atoms with Crippen LogP contribution < -0.4 is 5.56 Å². The van der Waals surface area contributed by atoms with E-state index in [9.17, 15) is 9.59 Å². The fourth-order valence-electron chi connectivity index (χ4n) is 2.55. The summed E-state index contributed by atoms with van der Waals surface area (Å²) in [7, 11) is 0. The Balaban J connectivity index is 1.92. The van der Waals surface area contributed by atoms with Gasteiger partial charge in [-0.3, -0.25) is 9.59 Å². The first-order valence-electron chi connectivity index (χ1n) is 6.99. The molecule has 2 aromatic rings. The van der Waals surface area contributed by atoms with Crippen molar-refractivity contribution in [3.8, 4) is 0 Å². The number of amides is 1. The molecule has 0 aliphatic carbocycles. The first-order chi connectivity index (χ1) is 10.2. The zero-order chi connectivity index (χ0) is 14.8. The number of carbonyl (C=O) groups is 1. The van der Waals surface area contributed by atoms with Crippen molar-refractivity contribution < 1.29 is 4.79 Å². The normalized spacial score (nSPS) is 15.4. The predicted molar refractivity (Wildman–Crippen MR) is 84.6 cm³/mol. The fraction of sp³-hybridized carbons (Fsp3) is 0.400. The molecule has 1 amide bonds. The number of nitrogens with zero attached hydrogens (tertiary/aromatic N) is 3. The lowest BCUT2D eigenvalue weighted by Crippen LogP contribution is -2.41. The third-order valence-corrected chi connectivity index (χ3v) is 4.64. The molecule has 0 unspecified atom stereocenters. The van der Waals surface area contributed by atoms with Crippen molar-refractivity contribution in [2.45, 2.75) is 13.5 Å². The van der Waals surface area contributed by atoms with Gasteiger partial charge in [0.1, 0.15) is 6.54 Å². The second-order valence-electron chi connectivity index (χ2n) is 5.09. The smallest absolute Gasteiger partial charge is 0.275 e. The Morgan fingerprint density at radius 2 is 1.90 bits per heavy atom. The van der Waals surface area contributed by atoms with Crippen LogP contribution in [0.5, 0.6) is 0 Å². The summed E-state index contributed by atoms with van der Waals surface area (Å²) < 4.78 is 1.29. The van der Waals surface area contributed by atoms with Crippen molar-refractivity contribution in [2.75, 3.05) is 24.6 Å². The number of benzene rings is 1. The van der Waals surface area contributed by atoms with E-state index >= 15 is 0 Å². The van der Waals surface area contributed by atoms with Gasteiger partial charge >= 0.3 is 0 Å². The standard InChI is InChI=1S/C15H17N3O2S/c1-11-12-4-2-3-5-13(12)15(20)18(16-11)10-14(19)17-6-8-21-9-7-17/h2-5H,6-10H2,1H3. The summed E-state index contributed by atoms with van der Waals surface area (Å²) in [5.41, 5.74) is 0.572. The monoisotopic (exact) mass is 303 g/mol. The molecule has 0 saturated carbocycles. The number of aryl methyl sites for hydroxylation is 1. The summed E-state index contributed by atoms with van der Waals surface area (Å²) >= 11 is 1.85. The largest absolute Gasteiger partial charge is 0.339 e. The molecule has 1 saturated heterocycles. The molecule has 0 N–H and O–H groups in total. The van der Waals surface area contributed by atoms with Crippen molar-refractivity contribution in [1.29, 1.82) is 0 Å². The zero-order valence-corrected chi connectivity index (χ0v) is 12.7. The minimum atomic E-state index is -0.198. The number of hydrogen-bond donors (Lipinski definition) is 0. The predicted octanol–water partition coefficient (Wildman–Crippen LogP) is 1.28. The number of rotatable bonds is 2. The third kappa shape index (κ3) is 2.81. The summed E-state index contributed by atoms with van der Waals surface area (Å²) in [4.78, 5) is 26.5. The van der Waals surface area contributed by atoms with Crippen LogP contribution in [0, 0.1) is 6.92 Å². The van der Waals surface area contributed by atoms with Crippen LogP contribution in [0.1, 0.15) is 5.69 Å². The SMILES string of the molecule is Cc1nn(CC(=O)N2CCSCC2)c(=O)c2ccccc12. The highest BCUT2D eigenvalue weighted by Crippen LogP contribution is 2.12. The summed E-state index contributed by atoms with van der Waals surface area (Å²) in [6.07, 6.45) is 0. The van der Waals surface area contributed by atoms with Gasteiger partial charge in [-0.15, -0.1) is 0 Å². The lowest BCUT2D eigenvalue weighted by Gasteiger charge is -2.26. The highest BCUT2D eigenvalue weighted by molar-refractivity contribution is 7.99. The Morgan fingerprint density at radius 3 is 2.62 bits per heavy atom. The number of aromatic nitrogens is 2. The molecule has 110 valence electrons. The lowest BCUT2D eigenvalue weighted by atomic mass is 10.1. The molecule has 6 heteroatoms. The van der Waals surface area contributed by atoms with Crippen LogP contribution in [0.2, 0.25) is 0 Å². The van der Waals surface area contributed by atoms with Crippen molar-refractivity contribution in [2.24, 2.45) is 0 Å². The fourth-order valence-corrected chi connectivity index (χ4v) is 3.46. The van der Waals surface area contributed by atoms with Crippen molar-refractivity contribution >= 4 is 28.4 Å². The van der Waals surface area contributed by atoms with Crippen LogP contribution in [0.3, 0.4) is 0 Å². The molecule has 0 spiro atoms. The molecule has 1 aromatic carbocycles. The Bertz CT molecular complexity index is 735. The van der Waals surface area contributed by atoms with Gasteiger partial charge in [-0.2, -0.15) is 16.9 Å². The van der Waals surface area contributed by atoms with E-state index in [0.717, 1.165) is 35.7 Å². The summed E-state index contributed by atoms with van der Waals surface area (Å²) in [6.45, 7) is 3.39. The van der Waals surface area contributed by atoms with E-state index < -0.39 is 0 Å². The zero-order valence-electron chi connectivity index (χ0n) is 11.9. The van der Waals surface area contributed by atoms with E-state index in [0.29, 0.717) is 5.39 Å². The van der Waals surface area contributed by atoms with Gasteiger partial charge in [0.15, 0.2) is 0 Å². The Labute approximate surface area is 126 Å². The third-order valence-electron chi connectivity index (χ3n) is 3.70. The summed E-state index contributed by atoms with van der Waals surface area (Å²) in [5.74, 6) is 1.90. The lowest BCUT2D eigenvalue weighted by molar-refractivity contribution is -0.131. The first-order valence-corrected chi connectivity index (χ1v) is 8.14. The van der Waals surface area contributed by atoms with Crippen molar-refractivity contribution in [3.05, 3.63) is 40.3 Å². The number of hydrogen-bond acceptors (Lipinski definition) is 4. The molecule has 2 heterocycles. The minimum absolute atomic E-state index is 0.0230. The maximum atomic E-state index is 12.4. The Kier molecular flexibility index (Phi) is 3.96. The van der Waals surface area contributed by atoms with E-state index in [1.54, 1.807) is 6.07 Å². The van der Waals surface area contributed by atoms with Crippen LogP contribution in [0.15, 0.2) is 29.1 Å². The van der Waals surface area contributed by atoms with E-state index in [2.05, 4.69) is 5.10 Å². The summed E-state index contributed by atoms with van der Waals surface area (Å²) in [5, 5.41) is 5.75. The molecule has 3 rings (SSSR count). The minimum Gasteiger partial charge on any atom is -0.339 e. The molecule has 1 aliphatic heterocycles. The quantitative estimate of drug-likeness (QED) is 0.838. The molecular formula is C15H17N3O2S. The van der Waals surface area contributed by atoms with Gasteiger partial charge in [0.25, 0.3) is 5.56 Å². The molecular weight excluding hydrogens is 286 g/mol. The maximum absolute atomic E-state index is 12.4. The van der Waals surface area contributed by atoms with E-state index in [4.69, 9.17) is 0 Å². The molecule has 5 nitrogen and oxygen atoms in total. The van der Waals surface area contributed by atoms with Gasteiger partial charge in [0.05, 0.1) is 11.1 Å². The number of thioether (sulfide) groups is 1. The van der Waals surface area contributed by atoms with Crippen molar-refractivity contribution in [1.82, 2.24) is 14.7 Å². The van der Waals surface area contributed by atoms with Crippen LogP contribution in [-0.2, 0) is 11.3 Å². The molecule has 1 aromatic heterocycles. The highest BCUT2D eigenvalue weighted by atomic mass is 32.2. The van der Waals surface area contributed by atoms with Crippen LogP contribution in [0.4, 0.5) is 0 Å². The van der Waals surface area contributed by atoms with E-state index in [1.807, 2.05) is 41.8 Å². The number of fused-ring (bicyclic) bond motifs is 1. The first kappa shape index (κ1) is 14.1. The van der Waals surface area contributed by atoms with Gasteiger partial charge in [-0.05, 0) is 13.0 Å². The van der Waals surface area contributed by atoms with Crippen LogP contribution in [-0.4, -0.2) is 45.2 Å². The second-order valence-corrected chi connectivity index (χ2v) is 6.31. The van der Waals surface area contributed by atoms with Crippen molar-refractivity contribution in [3.63, 3.8) is 0 Å². The Hall–Kier alpha value is -1.82. The van der Waals surface area contributed by atoms with Crippen LogP contribution >= 0.6 is 11.8 Å². The molecule has 0 atom stereocenters. The average molecular weight is 303 g/mol. The molecule has 1 fully saturated rings. The van der Waals surface area contributed by atoms with Crippen LogP contribution in [0.25, 0.3) is 10.8 Å². The Morgan fingerprint density at radius 1 is 1.24 bits per heavy atom. The summed E-state index contributed by atoms with van der Waals surface area (Å²) in [6, 6.07) is 7.38. The average Bonchev–Trinajstić information content (AvgIpc) is 2.53. The second kappa shape index (κ2) is 5.89. The highest BCUT2D eigenvalue weighted by Gasteiger charge is 2.18. The van der Waals surface area contributed by atoms with E-state index in [1.165, 1.54) is 4.68 Å². The molecule has 21 heavy (non-hydrogen) atoms. The molecule has 1 aliphatic rings. The molecule has 0 bridgehead atoms. The van der Waals surface area contributed by atoms with Gasteiger partial charge in [0, 0.05) is 30.0 Å². The van der Waals surface area contributed by atoms with Gasteiger partial charge in [-0.1, -0.05) is 18.2 Å². The van der Waals surface area contributed by atoms with Gasteiger partial charge in [0.2, 0.25) is 5.91 Å². The van der Waals surface area contributed by atoms with Gasteiger partial charge in [-0.25, -0.2) is 4.68 Å². The van der Waals surface area contributed by atoms with Gasteiger partial charge < -0.3 is 4.90 Å².